The van der Waals surface area contributed by atoms with Crippen molar-refractivity contribution in [2.45, 2.75) is 95.9 Å². The number of aryl methyl sites for hydroxylation is 1. The molecule has 0 saturated carbocycles. The number of fused-ring (bicyclic) bond motifs is 5. The lowest BCUT2D eigenvalue weighted by molar-refractivity contribution is -0.172. The monoisotopic (exact) mass is 1400 g/mol. The second kappa shape index (κ2) is 40.5. The largest absolute Gasteiger partial charge is 0.458 e. The van der Waals surface area contributed by atoms with Gasteiger partial charge in [0.05, 0.1) is 140 Å². The van der Waals surface area contributed by atoms with Crippen LogP contribution in [0, 0.1) is 18.7 Å². The lowest BCUT2D eigenvalue weighted by Gasteiger charge is -2.31. The minimum atomic E-state index is -3.56. The van der Waals surface area contributed by atoms with Gasteiger partial charge in [-0.3, -0.25) is 33.6 Å². The van der Waals surface area contributed by atoms with Crippen molar-refractivity contribution in [2.24, 2.45) is 5.92 Å². The van der Waals surface area contributed by atoms with Crippen LogP contribution >= 0.6 is 0 Å². The molecule has 0 radical (unpaired) electrons. The highest BCUT2D eigenvalue weighted by atomic mass is 32.2. The van der Waals surface area contributed by atoms with Crippen LogP contribution < -0.4 is 37.5 Å². The van der Waals surface area contributed by atoms with E-state index >= 15 is 0 Å². The van der Waals surface area contributed by atoms with Gasteiger partial charge in [0.15, 0.2) is 5.60 Å². The van der Waals surface area contributed by atoms with Crippen LogP contribution in [0.1, 0.15) is 84.6 Å². The Hall–Kier alpha value is -7.61. The number of carbonyl (C=O) groups is 7. The molecule has 98 heavy (non-hydrogen) atoms. The molecule has 6 rings (SSSR count). The summed E-state index contributed by atoms with van der Waals surface area (Å²) in [6, 6.07) is 2.30. The summed E-state index contributed by atoms with van der Waals surface area (Å²) < 4.78 is 93.8. The number of hydrogen-bond acceptors (Lipinski definition) is 25. The molecule has 0 spiro atoms. The van der Waals surface area contributed by atoms with Crippen molar-refractivity contribution in [1.82, 2.24) is 56.3 Å². The fourth-order valence-electron chi connectivity index (χ4n) is 10.1. The maximum Gasteiger partial charge on any atom is 0.343 e. The number of hydrogen-bond donors (Lipinski definition) is 7. The third-order valence-electron chi connectivity index (χ3n) is 15.4. The van der Waals surface area contributed by atoms with Crippen molar-refractivity contribution in [2.75, 3.05) is 159 Å². The maximum absolute atomic E-state index is 15.0. The molecule has 3 aromatic heterocycles. The van der Waals surface area contributed by atoms with Gasteiger partial charge in [-0.05, 0) is 82.4 Å². The van der Waals surface area contributed by atoms with Crippen LogP contribution in [0.2, 0.25) is 0 Å². The molecule has 7 N–H and O–H groups in total. The molecule has 542 valence electrons. The highest BCUT2D eigenvalue weighted by Crippen LogP contribution is 2.40. The van der Waals surface area contributed by atoms with E-state index in [1.54, 1.807) is 39.8 Å². The van der Waals surface area contributed by atoms with Gasteiger partial charge in [-0.1, -0.05) is 20.8 Å². The van der Waals surface area contributed by atoms with E-state index in [9.17, 15) is 56.3 Å². The van der Waals surface area contributed by atoms with Crippen molar-refractivity contribution < 1.29 is 98.8 Å². The van der Waals surface area contributed by atoms with Crippen LogP contribution in [-0.4, -0.2) is 250 Å². The lowest BCUT2D eigenvalue weighted by Crippen LogP contribution is -2.56. The first-order chi connectivity index (χ1) is 46.9. The van der Waals surface area contributed by atoms with E-state index in [0.717, 1.165) is 25.2 Å². The first-order valence-electron chi connectivity index (χ1n) is 32.3. The van der Waals surface area contributed by atoms with Crippen LogP contribution in [0.5, 0.6) is 0 Å². The number of rotatable bonds is 47. The maximum atomic E-state index is 15.0. The van der Waals surface area contributed by atoms with Gasteiger partial charge in [0.25, 0.3) is 11.5 Å². The van der Waals surface area contributed by atoms with Gasteiger partial charge >= 0.3 is 5.97 Å². The average Bonchev–Trinajstić information content (AvgIpc) is 1.53. The third kappa shape index (κ3) is 24.7. The first-order valence-corrected chi connectivity index (χ1v) is 34.2. The number of aromatic nitrogens is 4. The number of cyclic esters (lactones) is 1. The first kappa shape index (κ1) is 79.4. The van der Waals surface area contributed by atoms with E-state index < -0.39 is 100 Å². The second-order valence-corrected chi connectivity index (χ2v) is 25.4. The number of nitrogens with zero attached hydrogens (tertiary/aromatic N) is 5. The van der Waals surface area contributed by atoms with E-state index in [2.05, 4.69) is 41.9 Å². The molecule has 0 bridgehead atoms. The summed E-state index contributed by atoms with van der Waals surface area (Å²) in [4.78, 5) is 119. The molecule has 4 aromatic rings. The van der Waals surface area contributed by atoms with Crippen LogP contribution in [-0.2, 0) is 111 Å². The summed E-state index contributed by atoms with van der Waals surface area (Å²) in [5, 5.41) is 27.4. The Balaban J connectivity index is 0.786. The van der Waals surface area contributed by atoms with Crippen LogP contribution in [0.25, 0.3) is 22.3 Å². The predicted molar refractivity (Wildman–Crippen MR) is 348 cm³/mol. The van der Waals surface area contributed by atoms with Crippen molar-refractivity contribution in [3.63, 3.8) is 0 Å². The molecule has 3 atom stereocenters. The molecule has 1 aromatic carbocycles. The van der Waals surface area contributed by atoms with Crippen LogP contribution in [0.3, 0.4) is 0 Å². The number of benzene rings is 1. The van der Waals surface area contributed by atoms with Crippen molar-refractivity contribution in [1.29, 1.82) is 0 Å². The lowest BCUT2D eigenvalue weighted by atomic mass is 9.86. The summed E-state index contributed by atoms with van der Waals surface area (Å²) >= 11 is 0. The molecule has 0 unspecified atom stereocenters. The van der Waals surface area contributed by atoms with E-state index in [1.807, 2.05) is 19.0 Å². The Morgan fingerprint density at radius 3 is 1.88 bits per heavy atom. The molecule has 0 fully saturated rings. The van der Waals surface area contributed by atoms with Gasteiger partial charge in [0, 0.05) is 54.3 Å². The Bertz CT molecular complexity index is 3510. The molecule has 5 heterocycles. The summed E-state index contributed by atoms with van der Waals surface area (Å²) in [5.74, 6) is -5.28. The molecule has 0 saturated heterocycles. The van der Waals surface area contributed by atoms with Crippen molar-refractivity contribution in [3.8, 4) is 11.4 Å². The summed E-state index contributed by atoms with van der Waals surface area (Å²) in [6.45, 7) is 10.1. The molecule has 32 nitrogen and oxygen atoms in total. The van der Waals surface area contributed by atoms with Gasteiger partial charge in [-0.15, -0.1) is 0 Å². The van der Waals surface area contributed by atoms with Gasteiger partial charge in [-0.2, -0.15) is 0 Å². The van der Waals surface area contributed by atoms with E-state index in [4.69, 9.17) is 52.4 Å². The SMILES string of the molecule is CC[C@]1(O)C(=O)OCc2c1cc1n(c2=O)Cc2c-1nc1cc(F)c(C)cc1c2CNC(=O)COCNC(=O)CNC(=O)[C@H](CCCCN(C)C)NC(=O)[C@@H](NC(=O)COCCOCCOCCOCCOCCOCCOCCOCCNC(=O)c1cnc(S(C)(=O)=O)nc1)C(C)C. The number of carbonyl (C=O) groups excluding carboxylic acids is 7. The Morgan fingerprint density at radius 1 is 0.724 bits per heavy atom. The number of aliphatic hydroxyl groups is 1. The third-order valence-corrected chi connectivity index (χ3v) is 16.3. The van der Waals surface area contributed by atoms with Gasteiger partial charge in [0.1, 0.15) is 44.5 Å². The van der Waals surface area contributed by atoms with Crippen LogP contribution in [0.15, 0.2) is 40.5 Å². The Morgan fingerprint density at radius 2 is 1.31 bits per heavy atom. The fraction of sp³-hybridized carbons (Fsp3) is 0.609. The van der Waals surface area contributed by atoms with Gasteiger partial charge < -0.3 is 93.8 Å². The molecule has 34 heteroatoms. The number of ether oxygens (including phenoxy) is 10. The average molecular weight is 1400 g/mol. The van der Waals surface area contributed by atoms with E-state index in [-0.39, 0.29) is 105 Å². The summed E-state index contributed by atoms with van der Waals surface area (Å²) in [5.41, 5.74) is 0.137. The van der Waals surface area contributed by atoms with Crippen LogP contribution in [0.4, 0.5) is 4.39 Å². The zero-order chi connectivity index (χ0) is 71.2. The molecule has 6 amide bonds. The second-order valence-electron chi connectivity index (χ2n) is 23.5. The summed E-state index contributed by atoms with van der Waals surface area (Å²) in [7, 11) is 0.262. The van der Waals surface area contributed by atoms with Gasteiger partial charge in [-0.25, -0.2) is 32.6 Å². The standard InChI is InChI=1S/C64H92FN11O21S/c1-8-64(85)48-30-52-57-46(36-76(52)61(83)47(48)37-97-62(64)84)45(44-29-42(4)49(65)31-51(44)72-57)34-67-54(78)38-96-40-71-53(77)35-68-59(81)50(11-9-10-13-75(5)6)73-60(82)56(41(2)3)74-55(79)39-95-28-27-94-26-25-93-24-23-92-22-21-91-20-19-90-18-17-89-16-15-88-14-12-66-58(80)43-32-69-63(70-33-43)98(7,86)87/h29-33,41,50,56,85H,8-28,34-40H2,1-7H3,(H,66,80)(H,67,78)(H,68,81)(H,71,77)(H,73,82)(H,74,79)/t50-,56-,64+/m0/s1. The molecular formula is C64H92FN11O21S. The predicted octanol–water partition coefficient (Wildman–Crippen LogP) is -0.536. The minimum absolute atomic E-state index is 0.0287. The highest BCUT2D eigenvalue weighted by molar-refractivity contribution is 7.90. The number of sulfone groups is 1. The molecule has 2 aliphatic rings. The Kier molecular flexibility index (Phi) is 32.8. The summed E-state index contributed by atoms with van der Waals surface area (Å²) in [6.07, 6.45) is 4.70. The highest BCUT2D eigenvalue weighted by Gasteiger charge is 2.46. The van der Waals surface area contributed by atoms with E-state index in [1.165, 1.54) is 10.6 Å². The molecule has 2 aliphatic heterocycles. The number of pyridine rings is 2. The fourth-order valence-corrected chi connectivity index (χ4v) is 10.6. The zero-order valence-corrected chi connectivity index (χ0v) is 57.4. The topological polar surface area (TPSA) is 402 Å². The number of amides is 6. The van der Waals surface area contributed by atoms with Gasteiger partial charge in [0.2, 0.25) is 44.5 Å². The molecular weight excluding hydrogens is 1310 g/mol. The number of unbranched alkanes of at least 4 members (excludes halogenated alkanes) is 1. The number of esters is 1. The van der Waals surface area contributed by atoms with E-state index in [0.29, 0.717) is 119 Å². The Labute approximate surface area is 567 Å². The quantitative estimate of drug-likeness (QED) is 0.0111. The normalized spacial score (nSPS) is 14.7. The van der Waals surface area contributed by atoms with Crippen molar-refractivity contribution >= 4 is 62.2 Å². The minimum Gasteiger partial charge on any atom is -0.458 e. The van der Waals surface area contributed by atoms with Crippen molar-refractivity contribution in [3.05, 3.63) is 80.1 Å². The molecule has 0 aliphatic carbocycles. The number of halogens is 1. The zero-order valence-electron chi connectivity index (χ0n) is 56.6. The smallest absolute Gasteiger partial charge is 0.343 e. The number of nitrogens with one attached hydrogen (secondary N) is 6.